The second-order valence-electron chi connectivity index (χ2n) is 5.16. The van der Waals surface area contributed by atoms with Gasteiger partial charge in [-0.1, -0.05) is 11.3 Å². The van der Waals surface area contributed by atoms with Crippen LogP contribution in [0.4, 0.5) is 14.5 Å². The maximum Gasteiger partial charge on any atom is 0.180 e. The number of imidazole rings is 1. The molecule has 3 aromatic heterocycles. The van der Waals surface area contributed by atoms with E-state index in [1.165, 1.54) is 16.8 Å². The van der Waals surface area contributed by atoms with E-state index in [1.807, 2.05) is 0 Å². The minimum atomic E-state index is -0.631. The average molecular weight is 326 g/mol. The van der Waals surface area contributed by atoms with Gasteiger partial charge in [-0.2, -0.15) is 0 Å². The van der Waals surface area contributed by atoms with E-state index in [4.69, 9.17) is 0 Å². The summed E-state index contributed by atoms with van der Waals surface area (Å²) in [5.74, 6) is -0.667. The van der Waals surface area contributed by atoms with Crippen molar-refractivity contribution >= 4 is 11.2 Å². The molecule has 6 nitrogen and oxygen atoms in total. The Bertz CT molecular complexity index is 1020. The fourth-order valence-electron chi connectivity index (χ4n) is 2.64. The summed E-state index contributed by atoms with van der Waals surface area (Å²) in [4.78, 5) is 4.27. The molecule has 1 aromatic carbocycles. The summed E-state index contributed by atoms with van der Waals surface area (Å²) in [7, 11) is 1.59. The van der Waals surface area contributed by atoms with Crippen molar-refractivity contribution in [2.24, 2.45) is 0 Å². The third-order valence-corrected chi connectivity index (χ3v) is 3.80. The molecule has 0 fully saturated rings. The summed E-state index contributed by atoms with van der Waals surface area (Å²) in [6.07, 6.45) is 6.41. The van der Waals surface area contributed by atoms with Gasteiger partial charge in [-0.15, -0.1) is 5.10 Å². The molecule has 0 aliphatic heterocycles. The first-order valence-corrected chi connectivity index (χ1v) is 7.18. The molecule has 120 valence electrons. The highest BCUT2D eigenvalue weighted by Crippen LogP contribution is 2.31. The van der Waals surface area contributed by atoms with Gasteiger partial charge in [-0.25, -0.2) is 18.4 Å². The zero-order chi connectivity index (χ0) is 16.7. The molecule has 0 saturated heterocycles. The Labute approximate surface area is 135 Å². The number of anilines is 1. The zero-order valence-corrected chi connectivity index (χ0v) is 12.6. The predicted octanol–water partition coefficient (Wildman–Crippen LogP) is 2.90. The Kier molecular flexibility index (Phi) is 3.23. The van der Waals surface area contributed by atoms with Crippen LogP contribution in [0.1, 0.15) is 0 Å². The number of pyridine rings is 1. The molecular weight excluding hydrogens is 314 g/mol. The smallest absolute Gasteiger partial charge is 0.180 e. The van der Waals surface area contributed by atoms with Crippen LogP contribution in [0, 0.1) is 11.6 Å². The van der Waals surface area contributed by atoms with Gasteiger partial charge in [0.25, 0.3) is 0 Å². The van der Waals surface area contributed by atoms with E-state index in [1.54, 1.807) is 48.5 Å². The van der Waals surface area contributed by atoms with Gasteiger partial charge in [0.2, 0.25) is 0 Å². The third-order valence-electron chi connectivity index (χ3n) is 3.80. The first-order valence-electron chi connectivity index (χ1n) is 7.18. The number of rotatable bonds is 3. The van der Waals surface area contributed by atoms with E-state index in [2.05, 4.69) is 20.6 Å². The SMILES string of the molecule is CNc1ccc(F)c(-c2ccc3c(-n4ccnn4)ncn3c2)c1F. The predicted molar refractivity (Wildman–Crippen MR) is 85.0 cm³/mol. The maximum absolute atomic E-state index is 14.5. The van der Waals surface area contributed by atoms with Crippen molar-refractivity contribution in [3.8, 4) is 16.9 Å². The van der Waals surface area contributed by atoms with Crippen LogP contribution in [-0.2, 0) is 0 Å². The minimum absolute atomic E-state index is 0.0836. The second-order valence-corrected chi connectivity index (χ2v) is 5.16. The van der Waals surface area contributed by atoms with Gasteiger partial charge < -0.3 is 9.72 Å². The summed E-state index contributed by atoms with van der Waals surface area (Å²) < 4.78 is 31.9. The topological polar surface area (TPSA) is 60.0 Å². The Morgan fingerprint density at radius 2 is 2.00 bits per heavy atom. The highest BCUT2D eigenvalue weighted by molar-refractivity contribution is 5.72. The number of nitrogens with zero attached hydrogens (tertiary/aromatic N) is 5. The highest BCUT2D eigenvalue weighted by atomic mass is 19.1. The van der Waals surface area contributed by atoms with Crippen molar-refractivity contribution in [3.63, 3.8) is 0 Å². The molecule has 4 aromatic rings. The molecule has 0 atom stereocenters. The average Bonchev–Trinajstić information content (AvgIpc) is 3.23. The lowest BCUT2D eigenvalue weighted by molar-refractivity contribution is 0.592. The lowest BCUT2D eigenvalue weighted by atomic mass is 10.0. The summed E-state index contributed by atoms with van der Waals surface area (Å²) >= 11 is 0. The maximum atomic E-state index is 14.5. The quantitative estimate of drug-likeness (QED) is 0.629. The highest BCUT2D eigenvalue weighted by Gasteiger charge is 2.16. The van der Waals surface area contributed by atoms with Crippen molar-refractivity contribution in [2.75, 3.05) is 12.4 Å². The van der Waals surface area contributed by atoms with Crippen molar-refractivity contribution in [1.29, 1.82) is 0 Å². The minimum Gasteiger partial charge on any atom is -0.386 e. The van der Waals surface area contributed by atoms with Gasteiger partial charge in [-0.3, -0.25) is 0 Å². The molecule has 0 unspecified atom stereocenters. The van der Waals surface area contributed by atoms with Gasteiger partial charge in [0.05, 0.1) is 29.2 Å². The molecule has 0 radical (unpaired) electrons. The van der Waals surface area contributed by atoms with Gasteiger partial charge in [0, 0.05) is 18.8 Å². The normalized spacial score (nSPS) is 11.1. The molecule has 0 aliphatic carbocycles. The summed E-state index contributed by atoms with van der Waals surface area (Å²) in [5.41, 5.74) is 1.31. The van der Waals surface area contributed by atoms with Crippen LogP contribution >= 0.6 is 0 Å². The first kappa shape index (κ1) is 14.3. The van der Waals surface area contributed by atoms with Gasteiger partial charge >= 0.3 is 0 Å². The molecule has 8 heteroatoms. The molecule has 0 aliphatic rings. The zero-order valence-electron chi connectivity index (χ0n) is 12.6. The van der Waals surface area contributed by atoms with E-state index >= 15 is 0 Å². The number of benzene rings is 1. The van der Waals surface area contributed by atoms with Crippen LogP contribution in [0.2, 0.25) is 0 Å². The van der Waals surface area contributed by atoms with Crippen LogP contribution in [-0.4, -0.2) is 31.4 Å². The Morgan fingerprint density at radius 1 is 1.12 bits per heavy atom. The van der Waals surface area contributed by atoms with Crippen LogP contribution < -0.4 is 5.32 Å². The molecule has 4 rings (SSSR count). The molecule has 0 amide bonds. The van der Waals surface area contributed by atoms with Crippen LogP contribution in [0.25, 0.3) is 22.5 Å². The molecular formula is C16H12F2N6. The van der Waals surface area contributed by atoms with Crippen molar-refractivity contribution in [2.45, 2.75) is 0 Å². The fourth-order valence-corrected chi connectivity index (χ4v) is 2.64. The van der Waals surface area contributed by atoms with Gasteiger partial charge in [-0.05, 0) is 18.2 Å². The molecule has 0 bridgehead atoms. The van der Waals surface area contributed by atoms with Crippen molar-refractivity contribution < 1.29 is 8.78 Å². The lowest BCUT2D eigenvalue weighted by Gasteiger charge is -2.10. The molecule has 24 heavy (non-hydrogen) atoms. The van der Waals surface area contributed by atoms with Crippen LogP contribution in [0.15, 0.2) is 49.2 Å². The van der Waals surface area contributed by atoms with Crippen molar-refractivity contribution in [1.82, 2.24) is 24.4 Å². The largest absolute Gasteiger partial charge is 0.386 e. The van der Waals surface area contributed by atoms with Gasteiger partial charge in [0.1, 0.15) is 12.1 Å². The monoisotopic (exact) mass is 326 g/mol. The fraction of sp³-hybridized carbons (Fsp3) is 0.0625. The lowest BCUT2D eigenvalue weighted by Crippen LogP contribution is -1.99. The standard InChI is InChI=1S/C16H12F2N6/c1-19-12-4-3-11(17)14(15(12)18)10-2-5-13-16(20-9-23(13)8-10)24-7-6-21-22-24/h2-9,19H,1H3. The summed E-state index contributed by atoms with van der Waals surface area (Å²) in [6, 6.07) is 6.00. The Balaban J connectivity index is 1.88. The number of fused-ring (bicyclic) bond motifs is 1. The molecule has 0 spiro atoms. The van der Waals surface area contributed by atoms with Crippen LogP contribution in [0.3, 0.4) is 0 Å². The number of hydrogen-bond acceptors (Lipinski definition) is 4. The van der Waals surface area contributed by atoms with E-state index in [9.17, 15) is 8.78 Å². The van der Waals surface area contributed by atoms with E-state index in [0.717, 1.165) is 5.52 Å². The molecule has 1 N–H and O–H groups in total. The number of halogens is 2. The van der Waals surface area contributed by atoms with E-state index < -0.39 is 11.6 Å². The third kappa shape index (κ3) is 2.11. The van der Waals surface area contributed by atoms with Crippen LogP contribution in [0.5, 0.6) is 0 Å². The van der Waals surface area contributed by atoms with E-state index in [0.29, 0.717) is 11.4 Å². The van der Waals surface area contributed by atoms with Crippen molar-refractivity contribution in [3.05, 3.63) is 60.8 Å². The second kappa shape index (κ2) is 5.41. The number of hydrogen-bond donors (Lipinski definition) is 1. The molecule has 3 heterocycles. The Hall–Kier alpha value is -3.29. The number of aromatic nitrogens is 5. The molecule has 0 saturated carbocycles. The summed E-state index contributed by atoms with van der Waals surface area (Å²) in [6.45, 7) is 0. The number of nitrogens with one attached hydrogen (secondary N) is 1. The first-order chi connectivity index (χ1) is 11.7. The van der Waals surface area contributed by atoms with E-state index in [-0.39, 0.29) is 11.3 Å². The van der Waals surface area contributed by atoms with Gasteiger partial charge in [0.15, 0.2) is 11.6 Å². The Morgan fingerprint density at radius 3 is 2.75 bits per heavy atom. The summed E-state index contributed by atoms with van der Waals surface area (Å²) in [5, 5.41) is 10.4.